The Balaban J connectivity index is 1.49. The van der Waals surface area contributed by atoms with Gasteiger partial charge in [-0.1, -0.05) is 41.9 Å². The summed E-state index contributed by atoms with van der Waals surface area (Å²) in [7, 11) is -3.76. The summed E-state index contributed by atoms with van der Waals surface area (Å²) < 4.78 is 32.1. The molecule has 0 spiro atoms. The van der Waals surface area contributed by atoms with Crippen molar-refractivity contribution in [1.82, 2.24) is 4.72 Å². The lowest BCUT2D eigenvalue weighted by Gasteiger charge is -2.08. The zero-order valence-corrected chi connectivity index (χ0v) is 16.9. The predicted octanol–water partition coefficient (Wildman–Crippen LogP) is 3.59. The highest BCUT2D eigenvalue weighted by molar-refractivity contribution is 7.89. The molecule has 0 unspecified atom stereocenters. The number of ether oxygens (including phenoxy) is 1. The fraction of sp³-hybridized carbons (Fsp3) is 0.143. The third-order valence-electron chi connectivity index (χ3n) is 4.18. The highest BCUT2D eigenvalue weighted by atomic mass is 35.5. The minimum Gasteiger partial charge on any atom is -0.457 e. The van der Waals surface area contributed by atoms with Gasteiger partial charge in [0.25, 0.3) is 0 Å². The van der Waals surface area contributed by atoms with Crippen molar-refractivity contribution >= 4 is 44.1 Å². The number of Topliss-reactive ketones (excluding diaryl/α,β-unsaturated/α-hetero) is 1. The van der Waals surface area contributed by atoms with Crippen molar-refractivity contribution in [2.24, 2.45) is 0 Å². The fourth-order valence-corrected chi connectivity index (χ4v) is 3.84. The Hall–Kier alpha value is -2.74. The molecule has 0 saturated carbocycles. The smallest absolute Gasteiger partial charge is 0.307 e. The van der Waals surface area contributed by atoms with E-state index in [4.69, 9.17) is 16.3 Å². The number of sulfonamides is 1. The molecule has 1 N–H and O–H groups in total. The second kappa shape index (κ2) is 9.17. The van der Waals surface area contributed by atoms with Crippen molar-refractivity contribution in [2.45, 2.75) is 11.3 Å². The quantitative estimate of drug-likeness (QED) is 0.435. The maximum Gasteiger partial charge on any atom is 0.307 e. The molecule has 3 aromatic carbocycles. The third-order valence-corrected chi connectivity index (χ3v) is 5.89. The van der Waals surface area contributed by atoms with Crippen molar-refractivity contribution in [3.63, 3.8) is 0 Å². The predicted molar refractivity (Wildman–Crippen MR) is 110 cm³/mol. The van der Waals surface area contributed by atoms with Crippen LogP contribution in [0.2, 0.25) is 5.02 Å². The molecule has 0 bridgehead atoms. The molecule has 0 fully saturated rings. The zero-order valence-electron chi connectivity index (χ0n) is 15.3. The van der Waals surface area contributed by atoms with Gasteiger partial charge in [-0.05, 0) is 47.2 Å². The van der Waals surface area contributed by atoms with Crippen LogP contribution in [0, 0.1) is 0 Å². The number of esters is 1. The number of nitrogens with one attached hydrogen (secondary N) is 1. The fourth-order valence-electron chi connectivity index (χ4n) is 2.64. The van der Waals surface area contributed by atoms with E-state index >= 15 is 0 Å². The van der Waals surface area contributed by atoms with Crippen LogP contribution in [-0.2, 0) is 19.6 Å². The summed E-state index contributed by atoms with van der Waals surface area (Å²) in [5.41, 5.74) is 0.374. The SMILES string of the molecule is O=C(CCNS(=O)(=O)c1ccc2ccccc2c1)OCC(=O)c1ccc(Cl)cc1. The molecule has 3 rings (SSSR count). The van der Waals surface area contributed by atoms with Gasteiger partial charge in [0.1, 0.15) is 0 Å². The average Bonchev–Trinajstić information content (AvgIpc) is 2.72. The lowest BCUT2D eigenvalue weighted by molar-refractivity contribution is -0.142. The summed E-state index contributed by atoms with van der Waals surface area (Å²) in [5, 5.41) is 2.23. The average molecular weight is 432 g/mol. The van der Waals surface area contributed by atoms with Crippen LogP contribution in [0.25, 0.3) is 10.8 Å². The zero-order chi connectivity index (χ0) is 20.9. The maximum atomic E-state index is 12.4. The van der Waals surface area contributed by atoms with Crippen molar-refractivity contribution in [2.75, 3.05) is 13.2 Å². The van der Waals surface area contributed by atoms with Crippen LogP contribution in [-0.4, -0.2) is 33.3 Å². The minimum atomic E-state index is -3.76. The first-order valence-electron chi connectivity index (χ1n) is 8.78. The normalized spacial score (nSPS) is 11.3. The Bertz CT molecular complexity index is 1140. The van der Waals surface area contributed by atoms with Gasteiger partial charge in [0.15, 0.2) is 12.4 Å². The molecule has 0 amide bonds. The molecule has 0 atom stereocenters. The Morgan fingerprint density at radius 2 is 1.62 bits per heavy atom. The molecule has 3 aromatic rings. The summed E-state index contributed by atoms with van der Waals surface area (Å²) in [6.45, 7) is -0.555. The summed E-state index contributed by atoms with van der Waals surface area (Å²) >= 11 is 5.76. The maximum absolute atomic E-state index is 12.4. The molecule has 0 heterocycles. The highest BCUT2D eigenvalue weighted by Crippen LogP contribution is 2.18. The van der Waals surface area contributed by atoms with E-state index in [1.54, 1.807) is 24.3 Å². The molecule has 0 aliphatic rings. The number of benzene rings is 3. The molecule has 0 aliphatic heterocycles. The molecule has 0 aliphatic carbocycles. The van der Waals surface area contributed by atoms with Gasteiger partial charge in [0.2, 0.25) is 10.0 Å². The van der Waals surface area contributed by atoms with Crippen LogP contribution in [0.3, 0.4) is 0 Å². The molecule has 0 aromatic heterocycles. The van der Waals surface area contributed by atoms with Gasteiger partial charge >= 0.3 is 5.97 Å². The topological polar surface area (TPSA) is 89.5 Å². The first kappa shape index (κ1) is 21.0. The lowest BCUT2D eigenvalue weighted by Crippen LogP contribution is -2.27. The van der Waals surface area contributed by atoms with Crippen LogP contribution in [0.1, 0.15) is 16.8 Å². The number of hydrogen-bond acceptors (Lipinski definition) is 5. The van der Waals surface area contributed by atoms with E-state index in [-0.39, 0.29) is 23.6 Å². The number of halogens is 1. The van der Waals surface area contributed by atoms with Crippen LogP contribution in [0.15, 0.2) is 71.6 Å². The Kier molecular flexibility index (Phi) is 6.64. The van der Waals surface area contributed by atoms with Gasteiger partial charge in [-0.25, -0.2) is 13.1 Å². The van der Waals surface area contributed by atoms with E-state index < -0.39 is 22.6 Å². The number of fused-ring (bicyclic) bond motifs is 1. The van der Waals surface area contributed by atoms with Crippen LogP contribution >= 0.6 is 11.6 Å². The molecule has 150 valence electrons. The van der Waals surface area contributed by atoms with Crippen LogP contribution in [0.5, 0.6) is 0 Å². The van der Waals surface area contributed by atoms with E-state index in [1.165, 1.54) is 18.2 Å². The summed E-state index contributed by atoms with van der Waals surface area (Å²) in [4.78, 5) is 23.9. The van der Waals surface area contributed by atoms with E-state index in [9.17, 15) is 18.0 Å². The van der Waals surface area contributed by atoms with Crippen molar-refractivity contribution in [1.29, 1.82) is 0 Å². The monoisotopic (exact) mass is 431 g/mol. The largest absolute Gasteiger partial charge is 0.457 e. The van der Waals surface area contributed by atoms with Gasteiger partial charge in [0, 0.05) is 17.1 Å². The van der Waals surface area contributed by atoms with Crippen LogP contribution in [0.4, 0.5) is 0 Å². The molecule has 8 heteroatoms. The number of carbonyl (C=O) groups excluding carboxylic acids is 2. The molecule has 0 saturated heterocycles. The third kappa shape index (κ3) is 5.63. The molecular weight excluding hydrogens is 414 g/mol. The summed E-state index contributed by atoms with van der Waals surface area (Å²) in [6, 6.07) is 18.4. The number of carbonyl (C=O) groups is 2. The van der Waals surface area contributed by atoms with E-state index in [0.29, 0.717) is 10.6 Å². The minimum absolute atomic E-state index is 0.113. The van der Waals surface area contributed by atoms with Gasteiger partial charge in [-0.2, -0.15) is 0 Å². The van der Waals surface area contributed by atoms with Gasteiger partial charge in [0.05, 0.1) is 11.3 Å². The highest BCUT2D eigenvalue weighted by Gasteiger charge is 2.16. The molecule has 6 nitrogen and oxygen atoms in total. The second-order valence-electron chi connectivity index (χ2n) is 6.25. The van der Waals surface area contributed by atoms with Crippen molar-refractivity contribution in [3.05, 3.63) is 77.3 Å². The molecule has 0 radical (unpaired) electrons. The molecular formula is C21H18ClNO5S. The number of ketones is 1. The number of rotatable bonds is 8. The lowest BCUT2D eigenvalue weighted by atomic mass is 10.1. The second-order valence-corrected chi connectivity index (χ2v) is 8.45. The van der Waals surface area contributed by atoms with Gasteiger partial charge in [-0.15, -0.1) is 0 Å². The van der Waals surface area contributed by atoms with Crippen LogP contribution < -0.4 is 4.72 Å². The van der Waals surface area contributed by atoms with E-state index in [2.05, 4.69) is 4.72 Å². The number of hydrogen-bond donors (Lipinski definition) is 1. The summed E-state index contributed by atoms with van der Waals surface area (Å²) in [5.74, 6) is -1.04. The Morgan fingerprint density at radius 3 is 2.34 bits per heavy atom. The van der Waals surface area contributed by atoms with Crippen molar-refractivity contribution in [3.8, 4) is 0 Å². The first-order valence-corrected chi connectivity index (χ1v) is 10.6. The Morgan fingerprint density at radius 1 is 0.931 bits per heavy atom. The van der Waals surface area contributed by atoms with Gasteiger partial charge in [-0.3, -0.25) is 9.59 Å². The van der Waals surface area contributed by atoms with E-state index in [0.717, 1.165) is 10.8 Å². The standard InChI is InChI=1S/C21H18ClNO5S/c22-18-8-5-16(6-9-18)20(24)14-28-21(25)11-12-23-29(26,27)19-10-7-15-3-1-2-4-17(15)13-19/h1-10,13,23H,11-12,14H2. The summed E-state index contributed by atoms with van der Waals surface area (Å²) in [6.07, 6.45) is -0.194. The molecule has 29 heavy (non-hydrogen) atoms. The Labute approximate surface area is 173 Å². The van der Waals surface area contributed by atoms with E-state index in [1.807, 2.05) is 24.3 Å². The first-order chi connectivity index (χ1) is 13.8. The van der Waals surface area contributed by atoms with Crippen molar-refractivity contribution < 1.29 is 22.7 Å². The van der Waals surface area contributed by atoms with Gasteiger partial charge < -0.3 is 4.74 Å².